The minimum Gasteiger partial charge on any atom is -0.370 e. The first-order valence-corrected chi connectivity index (χ1v) is 7.90. The van der Waals surface area contributed by atoms with Crippen molar-refractivity contribution in [3.8, 4) is 0 Å². The van der Waals surface area contributed by atoms with Crippen molar-refractivity contribution in [2.24, 2.45) is 5.73 Å². The van der Waals surface area contributed by atoms with E-state index in [1.165, 1.54) is 16.8 Å². The Hall–Kier alpha value is -2.29. The number of benzene rings is 2. The summed E-state index contributed by atoms with van der Waals surface area (Å²) in [4.78, 5) is 13.4. The zero-order valence-corrected chi connectivity index (χ0v) is 12.7. The number of fused-ring (bicyclic) bond motifs is 1. The molecule has 2 aromatic rings. The molecule has 3 rings (SSSR count). The van der Waals surface area contributed by atoms with Crippen LogP contribution in [0.1, 0.15) is 36.3 Å². The smallest absolute Gasteiger partial charge is 0.217 e. The van der Waals surface area contributed by atoms with Crippen molar-refractivity contribution in [1.82, 2.24) is 0 Å². The van der Waals surface area contributed by atoms with Crippen molar-refractivity contribution in [3.63, 3.8) is 0 Å². The minimum absolute atomic E-state index is 0.201. The Labute approximate surface area is 131 Å². The number of nitrogens with two attached hydrogens (primary N) is 1. The third kappa shape index (κ3) is 3.30. The second-order valence-electron chi connectivity index (χ2n) is 5.98. The number of carbonyl (C=O) groups excluding carboxylic acids is 1. The molecule has 1 atom stereocenters. The van der Waals surface area contributed by atoms with Crippen LogP contribution in [-0.2, 0) is 11.3 Å². The monoisotopic (exact) mass is 294 g/mol. The molecule has 1 aliphatic rings. The molecule has 3 nitrogen and oxygen atoms in total. The molecule has 0 aliphatic carbocycles. The van der Waals surface area contributed by atoms with Crippen molar-refractivity contribution in [1.29, 1.82) is 0 Å². The highest BCUT2D eigenvalue weighted by Crippen LogP contribution is 2.39. The molecule has 1 amide bonds. The molecule has 0 radical (unpaired) electrons. The predicted molar refractivity (Wildman–Crippen MR) is 89.7 cm³/mol. The molecule has 114 valence electrons. The highest BCUT2D eigenvalue weighted by molar-refractivity contribution is 5.73. The van der Waals surface area contributed by atoms with Crippen molar-refractivity contribution in [2.75, 3.05) is 11.4 Å². The van der Waals surface area contributed by atoms with Crippen LogP contribution in [0.15, 0.2) is 54.6 Å². The first kappa shape index (κ1) is 14.6. The molecule has 22 heavy (non-hydrogen) atoms. The SMILES string of the molecule is NC(=O)CCCC1CN(Cc2ccccc2)c2ccccc21. The van der Waals surface area contributed by atoms with Gasteiger partial charge < -0.3 is 10.6 Å². The molecule has 0 spiro atoms. The molecular weight excluding hydrogens is 272 g/mol. The first-order valence-electron chi connectivity index (χ1n) is 7.90. The first-order chi connectivity index (χ1) is 10.7. The van der Waals surface area contributed by atoms with Crippen LogP contribution in [0.3, 0.4) is 0 Å². The van der Waals surface area contributed by atoms with Gasteiger partial charge in [0, 0.05) is 31.1 Å². The summed E-state index contributed by atoms with van der Waals surface area (Å²) in [6.45, 7) is 1.96. The van der Waals surface area contributed by atoms with E-state index in [2.05, 4.69) is 53.4 Å². The molecule has 1 heterocycles. The number of primary amides is 1. The molecule has 1 aliphatic heterocycles. The molecule has 2 aromatic carbocycles. The van der Waals surface area contributed by atoms with Gasteiger partial charge in [-0.1, -0.05) is 48.5 Å². The average Bonchev–Trinajstić information content (AvgIpc) is 2.86. The van der Waals surface area contributed by atoms with Gasteiger partial charge in [-0.3, -0.25) is 4.79 Å². The van der Waals surface area contributed by atoms with Gasteiger partial charge in [-0.05, 0) is 30.0 Å². The molecule has 2 N–H and O–H groups in total. The van der Waals surface area contributed by atoms with E-state index in [9.17, 15) is 4.79 Å². The number of carbonyl (C=O) groups is 1. The third-order valence-corrected chi connectivity index (χ3v) is 4.35. The lowest BCUT2D eigenvalue weighted by Crippen LogP contribution is -2.21. The quantitative estimate of drug-likeness (QED) is 0.887. The van der Waals surface area contributed by atoms with Crippen LogP contribution in [-0.4, -0.2) is 12.5 Å². The van der Waals surface area contributed by atoms with Gasteiger partial charge in [0.15, 0.2) is 0 Å². The van der Waals surface area contributed by atoms with E-state index < -0.39 is 0 Å². The normalized spacial score (nSPS) is 16.5. The molecule has 0 saturated carbocycles. The Morgan fingerprint density at radius 3 is 2.59 bits per heavy atom. The van der Waals surface area contributed by atoms with Crippen LogP contribution in [0.2, 0.25) is 0 Å². The Bertz CT molecular complexity index is 639. The summed E-state index contributed by atoms with van der Waals surface area (Å²) in [6, 6.07) is 19.2. The van der Waals surface area contributed by atoms with Gasteiger partial charge in [0.2, 0.25) is 5.91 Å². The number of para-hydroxylation sites is 1. The largest absolute Gasteiger partial charge is 0.370 e. The van der Waals surface area contributed by atoms with Crippen molar-refractivity contribution in [3.05, 3.63) is 65.7 Å². The summed E-state index contributed by atoms with van der Waals surface area (Å²) < 4.78 is 0. The lowest BCUT2D eigenvalue weighted by molar-refractivity contribution is -0.118. The topological polar surface area (TPSA) is 46.3 Å². The Morgan fingerprint density at radius 2 is 1.82 bits per heavy atom. The number of rotatable bonds is 6. The second-order valence-corrected chi connectivity index (χ2v) is 5.98. The van der Waals surface area contributed by atoms with Gasteiger partial charge in [-0.2, -0.15) is 0 Å². The van der Waals surface area contributed by atoms with Crippen LogP contribution in [0.25, 0.3) is 0 Å². The molecule has 0 fully saturated rings. The van der Waals surface area contributed by atoms with Gasteiger partial charge >= 0.3 is 0 Å². The number of nitrogens with zero attached hydrogens (tertiary/aromatic N) is 1. The second kappa shape index (κ2) is 6.65. The maximum Gasteiger partial charge on any atom is 0.217 e. The van der Waals surface area contributed by atoms with Crippen LogP contribution in [0, 0.1) is 0 Å². The number of amides is 1. The molecule has 0 bridgehead atoms. The average molecular weight is 294 g/mol. The summed E-state index contributed by atoms with van der Waals surface area (Å²) in [7, 11) is 0. The maximum atomic E-state index is 10.9. The van der Waals surface area contributed by atoms with E-state index in [1.54, 1.807) is 0 Å². The number of hydrogen-bond acceptors (Lipinski definition) is 2. The fourth-order valence-electron chi connectivity index (χ4n) is 3.31. The fourth-order valence-corrected chi connectivity index (χ4v) is 3.31. The highest BCUT2D eigenvalue weighted by atomic mass is 16.1. The molecule has 1 unspecified atom stereocenters. The third-order valence-electron chi connectivity index (χ3n) is 4.35. The van der Waals surface area contributed by atoms with E-state index in [0.29, 0.717) is 12.3 Å². The van der Waals surface area contributed by atoms with Crippen LogP contribution >= 0.6 is 0 Å². The van der Waals surface area contributed by atoms with Crippen molar-refractivity contribution < 1.29 is 4.79 Å². The molecule has 0 aromatic heterocycles. The fraction of sp³-hybridized carbons (Fsp3) is 0.316. The summed E-state index contributed by atoms with van der Waals surface area (Å²) in [5.41, 5.74) is 9.32. The Morgan fingerprint density at radius 1 is 1.09 bits per heavy atom. The maximum absolute atomic E-state index is 10.9. The van der Waals surface area contributed by atoms with E-state index in [0.717, 1.165) is 25.9 Å². The van der Waals surface area contributed by atoms with E-state index in [1.807, 2.05) is 6.07 Å². The number of hydrogen-bond donors (Lipinski definition) is 1. The van der Waals surface area contributed by atoms with Crippen LogP contribution < -0.4 is 10.6 Å². The van der Waals surface area contributed by atoms with E-state index in [4.69, 9.17) is 5.73 Å². The van der Waals surface area contributed by atoms with E-state index in [-0.39, 0.29) is 5.91 Å². The summed E-state index contributed by atoms with van der Waals surface area (Å²) in [5.74, 6) is 0.298. The lowest BCUT2D eigenvalue weighted by Gasteiger charge is -2.20. The van der Waals surface area contributed by atoms with Gasteiger partial charge in [0.1, 0.15) is 0 Å². The summed E-state index contributed by atoms with van der Waals surface area (Å²) in [6.07, 6.45) is 2.37. The van der Waals surface area contributed by atoms with Crippen molar-refractivity contribution in [2.45, 2.75) is 31.7 Å². The highest BCUT2D eigenvalue weighted by Gasteiger charge is 2.27. The van der Waals surface area contributed by atoms with Gasteiger partial charge in [-0.15, -0.1) is 0 Å². The van der Waals surface area contributed by atoms with Gasteiger partial charge in [0.25, 0.3) is 0 Å². The van der Waals surface area contributed by atoms with E-state index >= 15 is 0 Å². The molecule has 0 saturated heterocycles. The Balaban J connectivity index is 1.72. The zero-order chi connectivity index (χ0) is 15.4. The summed E-state index contributed by atoms with van der Waals surface area (Å²) >= 11 is 0. The van der Waals surface area contributed by atoms with Crippen LogP contribution in [0.5, 0.6) is 0 Å². The van der Waals surface area contributed by atoms with Crippen molar-refractivity contribution >= 4 is 11.6 Å². The predicted octanol–water partition coefficient (Wildman–Crippen LogP) is 3.45. The van der Waals surface area contributed by atoms with Gasteiger partial charge in [0.05, 0.1) is 0 Å². The standard InChI is InChI=1S/C19H22N2O/c20-19(22)12-6-9-16-14-21(13-15-7-2-1-3-8-15)18-11-5-4-10-17(16)18/h1-5,7-8,10-11,16H,6,9,12-14H2,(H2,20,22). The summed E-state index contributed by atoms with van der Waals surface area (Å²) in [5, 5.41) is 0. The minimum atomic E-state index is -0.201. The lowest BCUT2D eigenvalue weighted by atomic mass is 9.95. The molecule has 3 heteroatoms. The number of anilines is 1. The van der Waals surface area contributed by atoms with Crippen LogP contribution in [0.4, 0.5) is 5.69 Å². The Kier molecular flexibility index (Phi) is 4.42. The molecular formula is C19H22N2O. The zero-order valence-electron chi connectivity index (χ0n) is 12.7. The van der Waals surface area contributed by atoms with Gasteiger partial charge in [-0.25, -0.2) is 0 Å².